The minimum absolute atomic E-state index is 0.0792. The van der Waals surface area contributed by atoms with Crippen molar-refractivity contribution in [1.29, 1.82) is 0 Å². The Morgan fingerprint density at radius 3 is 2.32 bits per heavy atom. The van der Waals surface area contributed by atoms with Gasteiger partial charge in [0.15, 0.2) is 11.6 Å². The van der Waals surface area contributed by atoms with Gasteiger partial charge < -0.3 is 4.74 Å². The molecule has 0 N–H and O–H groups in total. The lowest BCUT2D eigenvalue weighted by Gasteiger charge is -2.18. The maximum atomic E-state index is 12.8. The van der Waals surface area contributed by atoms with E-state index in [2.05, 4.69) is 14.7 Å². The molecule has 0 saturated heterocycles. The van der Waals surface area contributed by atoms with Gasteiger partial charge in [-0.25, -0.2) is 9.97 Å². The zero-order valence-electron chi connectivity index (χ0n) is 15.3. The van der Waals surface area contributed by atoms with E-state index in [1.165, 1.54) is 12.3 Å². The number of pyridine rings is 1. The van der Waals surface area contributed by atoms with Crippen LogP contribution in [0.15, 0.2) is 18.5 Å². The average molecular weight is 407 g/mol. The molecule has 0 aliphatic rings. The molecule has 0 radical (unpaired) electrons. The van der Waals surface area contributed by atoms with Gasteiger partial charge in [0, 0.05) is 24.5 Å². The lowest BCUT2D eigenvalue weighted by Crippen LogP contribution is -2.22. The highest BCUT2D eigenvalue weighted by atomic mass is 19.4. The van der Waals surface area contributed by atoms with Crippen molar-refractivity contribution in [1.82, 2.24) is 14.5 Å². The van der Waals surface area contributed by atoms with E-state index < -0.39 is 18.7 Å². The Labute approximate surface area is 157 Å². The van der Waals surface area contributed by atoms with E-state index in [1.54, 1.807) is 17.7 Å². The van der Waals surface area contributed by atoms with E-state index in [-0.39, 0.29) is 29.7 Å². The molecular formula is C17H18F5N3O3. The average Bonchev–Trinajstić information content (AvgIpc) is 2.95. The fraction of sp³-hybridized carbons (Fsp3) is 0.471. The number of aryl methyl sites for hydroxylation is 2. The number of nitrogens with zero attached hydrogens (tertiary/aromatic N) is 3. The summed E-state index contributed by atoms with van der Waals surface area (Å²) in [4.78, 5) is 24.5. The van der Waals surface area contributed by atoms with Gasteiger partial charge in [0.05, 0.1) is 5.92 Å². The van der Waals surface area contributed by atoms with Crippen molar-refractivity contribution in [2.45, 2.75) is 46.4 Å². The Bertz CT molecular complexity index is 815. The Morgan fingerprint density at radius 2 is 1.82 bits per heavy atom. The summed E-state index contributed by atoms with van der Waals surface area (Å²) in [5.74, 6) is -1.24. The van der Waals surface area contributed by atoms with Gasteiger partial charge >= 0.3 is 18.9 Å². The third-order valence-electron chi connectivity index (χ3n) is 3.75. The van der Waals surface area contributed by atoms with Crippen molar-refractivity contribution >= 4 is 6.15 Å². The van der Waals surface area contributed by atoms with Crippen molar-refractivity contribution < 1.29 is 36.3 Å². The van der Waals surface area contributed by atoms with Crippen LogP contribution in [-0.2, 0) is 22.4 Å². The van der Waals surface area contributed by atoms with Crippen molar-refractivity contribution in [3.8, 4) is 11.6 Å². The van der Waals surface area contributed by atoms with Crippen LogP contribution in [-0.4, -0.2) is 33.5 Å². The van der Waals surface area contributed by atoms with Crippen LogP contribution in [0.1, 0.15) is 30.9 Å². The molecule has 28 heavy (non-hydrogen) atoms. The molecule has 1 unspecified atom stereocenters. The first-order valence-electron chi connectivity index (χ1n) is 8.08. The van der Waals surface area contributed by atoms with Crippen molar-refractivity contribution in [3.63, 3.8) is 0 Å². The zero-order chi connectivity index (χ0) is 21.5. The standard InChI is InChI=1S/C16H18F5N3O.CO2/c1-4-13-22-7-10(3)24(13)14-12(25-15(17)18)6-11(8-23-14)5-9(2)16(19,20)21;2-1-3/h6-9,15H,4-5H2,1-3H3;. The molecule has 11 heteroatoms. The minimum atomic E-state index is -4.38. The van der Waals surface area contributed by atoms with Crippen molar-refractivity contribution in [2.75, 3.05) is 0 Å². The summed E-state index contributed by atoms with van der Waals surface area (Å²) in [6.07, 6.45) is -1.17. The molecule has 2 rings (SSSR count). The maximum absolute atomic E-state index is 12.8. The summed E-state index contributed by atoms with van der Waals surface area (Å²) in [6.45, 7) is 1.46. The van der Waals surface area contributed by atoms with Crippen LogP contribution < -0.4 is 4.74 Å². The number of hydrogen-bond donors (Lipinski definition) is 0. The predicted octanol–water partition coefficient (Wildman–Crippen LogP) is 3.90. The Hall–Kier alpha value is -2.81. The molecule has 0 bridgehead atoms. The summed E-state index contributed by atoms with van der Waals surface area (Å²) in [6, 6.07) is 1.18. The monoisotopic (exact) mass is 407 g/mol. The highest BCUT2D eigenvalue weighted by Crippen LogP contribution is 2.31. The molecule has 154 valence electrons. The normalized spacial score (nSPS) is 12.2. The number of alkyl halides is 5. The topological polar surface area (TPSA) is 74.1 Å². The fourth-order valence-electron chi connectivity index (χ4n) is 2.44. The second kappa shape index (κ2) is 9.93. The number of rotatable bonds is 6. The molecule has 1 atom stereocenters. The van der Waals surface area contributed by atoms with Gasteiger partial charge in [-0.15, -0.1) is 0 Å². The zero-order valence-corrected chi connectivity index (χ0v) is 15.3. The summed E-state index contributed by atoms with van der Waals surface area (Å²) in [7, 11) is 0. The molecule has 0 fully saturated rings. The SMILES string of the molecule is CCc1ncc(C)n1-c1ncc(CC(C)C(F)(F)F)cc1OC(F)F.O=C=O. The molecular weight excluding hydrogens is 389 g/mol. The minimum Gasteiger partial charge on any atom is -0.431 e. The second-order valence-corrected chi connectivity index (χ2v) is 5.78. The smallest absolute Gasteiger partial charge is 0.391 e. The quantitative estimate of drug-likeness (QED) is 0.679. The van der Waals surface area contributed by atoms with E-state index in [1.807, 2.05) is 6.92 Å². The first-order chi connectivity index (χ1) is 13.0. The van der Waals surface area contributed by atoms with Crippen molar-refractivity contribution in [2.24, 2.45) is 5.92 Å². The molecule has 0 aliphatic carbocycles. The number of ether oxygens (including phenoxy) is 1. The van der Waals surface area contributed by atoms with Crippen LogP contribution in [0.2, 0.25) is 0 Å². The lowest BCUT2D eigenvalue weighted by atomic mass is 10.0. The first-order valence-corrected chi connectivity index (χ1v) is 8.08. The molecule has 0 aromatic carbocycles. The van der Waals surface area contributed by atoms with Crippen LogP contribution in [0.3, 0.4) is 0 Å². The molecule has 2 aromatic heterocycles. The maximum Gasteiger partial charge on any atom is 0.391 e. The molecule has 0 aliphatic heterocycles. The first kappa shape index (κ1) is 23.2. The van der Waals surface area contributed by atoms with Gasteiger partial charge in [-0.1, -0.05) is 13.8 Å². The van der Waals surface area contributed by atoms with Crippen molar-refractivity contribution in [3.05, 3.63) is 35.5 Å². The number of halogens is 5. The van der Waals surface area contributed by atoms with E-state index in [0.29, 0.717) is 17.9 Å². The fourth-order valence-corrected chi connectivity index (χ4v) is 2.44. The highest BCUT2D eigenvalue weighted by molar-refractivity contribution is 5.44. The third-order valence-corrected chi connectivity index (χ3v) is 3.75. The van der Waals surface area contributed by atoms with Crippen LogP contribution in [0.5, 0.6) is 5.75 Å². The van der Waals surface area contributed by atoms with E-state index >= 15 is 0 Å². The van der Waals surface area contributed by atoms with Gasteiger partial charge in [0.1, 0.15) is 5.82 Å². The van der Waals surface area contributed by atoms with Gasteiger partial charge in [0.2, 0.25) is 0 Å². The Balaban J connectivity index is 0.00000122. The Kier molecular flexibility index (Phi) is 8.24. The van der Waals surface area contributed by atoms with Crippen LogP contribution in [0.25, 0.3) is 5.82 Å². The number of aromatic nitrogens is 3. The van der Waals surface area contributed by atoms with E-state index in [0.717, 1.165) is 6.92 Å². The third kappa shape index (κ3) is 6.12. The van der Waals surface area contributed by atoms with Gasteiger partial charge in [-0.3, -0.25) is 4.57 Å². The van der Waals surface area contributed by atoms with Gasteiger partial charge in [-0.2, -0.15) is 31.5 Å². The number of carbonyl (C=O) groups excluding carboxylic acids is 2. The summed E-state index contributed by atoms with van der Waals surface area (Å²) >= 11 is 0. The second-order valence-electron chi connectivity index (χ2n) is 5.78. The number of imidazole rings is 1. The highest BCUT2D eigenvalue weighted by Gasteiger charge is 2.36. The predicted molar refractivity (Wildman–Crippen MR) is 86.0 cm³/mol. The molecule has 0 spiro atoms. The summed E-state index contributed by atoms with van der Waals surface area (Å²) in [5.41, 5.74) is 0.819. The molecule has 2 aromatic rings. The van der Waals surface area contributed by atoms with Crippen LogP contribution in [0.4, 0.5) is 22.0 Å². The molecule has 6 nitrogen and oxygen atoms in total. The van der Waals surface area contributed by atoms with Crippen LogP contribution >= 0.6 is 0 Å². The van der Waals surface area contributed by atoms with E-state index in [4.69, 9.17) is 9.59 Å². The summed E-state index contributed by atoms with van der Waals surface area (Å²) in [5, 5.41) is 0. The number of hydrogen-bond acceptors (Lipinski definition) is 5. The largest absolute Gasteiger partial charge is 0.431 e. The van der Waals surface area contributed by atoms with E-state index in [9.17, 15) is 22.0 Å². The Morgan fingerprint density at radius 1 is 1.21 bits per heavy atom. The van der Waals surface area contributed by atoms with Gasteiger partial charge in [-0.05, 0) is 25.0 Å². The van der Waals surface area contributed by atoms with Crippen LogP contribution in [0, 0.1) is 12.8 Å². The molecule has 0 amide bonds. The molecule has 2 heterocycles. The lowest BCUT2D eigenvalue weighted by molar-refractivity contribution is -0.191. The summed E-state index contributed by atoms with van der Waals surface area (Å²) < 4.78 is 69.7. The molecule has 0 saturated carbocycles. The van der Waals surface area contributed by atoms with Gasteiger partial charge in [0.25, 0.3) is 0 Å².